The van der Waals surface area contributed by atoms with E-state index in [1.807, 2.05) is 18.8 Å². The van der Waals surface area contributed by atoms with Crippen molar-refractivity contribution in [3.8, 4) is 5.75 Å². The standard InChI is InChI=1S/C21H33N3O2S/c1-20(2)16-24(11-14-27-20)19(22-3)23-15-21(9-12-26-13-10-21)17-5-7-18(25-4)8-6-17/h5-8H,9-16H2,1-4H3,(H,22,23). The van der Waals surface area contributed by atoms with E-state index in [4.69, 9.17) is 9.47 Å². The van der Waals surface area contributed by atoms with Crippen LogP contribution in [-0.4, -0.2) is 68.4 Å². The van der Waals surface area contributed by atoms with Crippen LogP contribution in [0.3, 0.4) is 0 Å². The molecule has 0 unspecified atom stereocenters. The van der Waals surface area contributed by atoms with Crippen LogP contribution in [0.25, 0.3) is 0 Å². The number of guanidine groups is 1. The van der Waals surface area contributed by atoms with E-state index in [0.29, 0.717) is 0 Å². The van der Waals surface area contributed by atoms with Crippen molar-refractivity contribution in [2.45, 2.75) is 36.9 Å². The van der Waals surface area contributed by atoms with E-state index in [0.717, 1.165) is 63.2 Å². The lowest BCUT2D eigenvalue weighted by molar-refractivity contribution is 0.0511. The molecule has 5 nitrogen and oxygen atoms in total. The van der Waals surface area contributed by atoms with Gasteiger partial charge in [-0.3, -0.25) is 4.99 Å². The molecule has 1 aromatic carbocycles. The molecule has 2 heterocycles. The highest BCUT2D eigenvalue weighted by atomic mass is 32.2. The third-order valence-corrected chi connectivity index (χ3v) is 6.97. The maximum atomic E-state index is 5.67. The van der Waals surface area contributed by atoms with Gasteiger partial charge in [-0.05, 0) is 44.4 Å². The van der Waals surface area contributed by atoms with Gasteiger partial charge in [-0.25, -0.2) is 0 Å². The number of aliphatic imine (C=N–C) groups is 1. The lowest BCUT2D eigenvalue weighted by atomic mass is 9.74. The van der Waals surface area contributed by atoms with Crippen LogP contribution in [0.1, 0.15) is 32.3 Å². The summed E-state index contributed by atoms with van der Waals surface area (Å²) < 4.78 is 11.3. The molecule has 1 N–H and O–H groups in total. The van der Waals surface area contributed by atoms with E-state index in [2.05, 4.69) is 53.3 Å². The van der Waals surface area contributed by atoms with Gasteiger partial charge in [0.1, 0.15) is 5.75 Å². The lowest BCUT2D eigenvalue weighted by Gasteiger charge is -2.42. The van der Waals surface area contributed by atoms with Gasteiger partial charge in [-0.1, -0.05) is 12.1 Å². The average Bonchev–Trinajstić information content (AvgIpc) is 2.68. The first kappa shape index (κ1) is 20.3. The van der Waals surface area contributed by atoms with Crippen LogP contribution in [0, 0.1) is 0 Å². The minimum Gasteiger partial charge on any atom is -0.497 e. The minimum absolute atomic E-state index is 0.0700. The summed E-state index contributed by atoms with van der Waals surface area (Å²) in [7, 11) is 3.60. The van der Waals surface area contributed by atoms with Gasteiger partial charge in [-0.2, -0.15) is 11.8 Å². The first-order valence-corrected chi connectivity index (χ1v) is 10.8. The van der Waals surface area contributed by atoms with Gasteiger partial charge >= 0.3 is 0 Å². The summed E-state index contributed by atoms with van der Waals surface area (Å²) in [5.41, 5.74) is 1.42. The highest BCUT2D eigenvalue weighted by Gasteiger charge is 2.36. The van der Waals surface area contributed by atoms with Crippen molar-refractivity contribution in [2.75, 3.05) is 52.8 Å². The molecule has 150 valence electrons. The molecule has 3 rings (SSSR count). The molecule has 0 spiro atoms. The molecule has 2 aliphatic heterocycles. The lowest BCUT2D eigenvalue weighted by Crippen LogP contribution is -2.54. The van der Waals surface area contributed by atoms with Crippen molar-refractivity contribution in [1.82, 2.24) is 10.2 Å². The van der Waals surface area contributed by atoms with Crippen molar-refractivity contribution in [3.05, 3.63) is 29.8 Å². The number of hydrogen-bond acceptors (Lipinski definition) is 4. The van der Waals surface area contributed by atoms with Crippen LogP contribution >= 0.6 is 11.8 Å². The number of thioether (sulfide) groups is 1. The molecule has 27 heavy (non-hydrogen) atoms. The highest BCUT2D eigenvalue weighted by molar-refractivity contribution is 8.00. The zero-order chi connectivity index (χ0) is 19.3. The molecule has 0 atom stereocenters. The Morgan fingerprint density at radius 2 is 1.96 bits per heavy atom. The first-order valence-electron chi connectivity index (χ1n) is 9.80. The fourth-order valence-electron chi connectivity index (χ4n) is 4.05. The third-order valence-electron chi connectivity index (χ3n) is 5.67. The Bertz CT molecular complexity index is 639. The molecular weight excluding hydrogens is 358 g/mol. The van der Waals surface area contributed by atoms with Crippen molar-refractivity contribution < 1.29 is 9.47 Å². The summed E-state index contributed by atoms with van der Waals surface area (Å²) in [5.74, 6) is 3.06. The number of hydrogen-bond donors (Lipinski definition) is 1. The summed E-state index contributed by atoms with van der Waals surface area (Å²) in [6.07, 6.45) is 2.04. The van der Waals surface area contributed by atoms with Crippen molar-refractivity contribution in [3.63, 3.8) is 0 Å². The summed E-state index contributed by atoms with van der Waals surface area (Å²) in [6, 6.07) is 8.53. The number of nitrogens with zero attached hydrogens (tertiary/aromatic N) is 2. The van der Waals surface area contributed by atoms with E-state index < -0.39 is 0 Å². The molecule has 2 aliphatic rings. The molecule has 2 fully saturated rings. The van der Waals surface area contributed by atoms with E-state index in [1.165, 1.54) is 5.56 Å². The zero-order valence-corrected chi connectivity index (χ0v) is 17.9. The molecule has 6 heteroatoms. The molecule has 0 radical (unpaired) electrons. The van der Waals surface area contributed by atoms with Gasteiger partial charge in [0.2, 0.25) is 0 Å². The number of methoxy groups -OCH3 is 1. The quantitative estimate of drug-likeness (QED) is 0.631. The SMILES string of the molecule is CN=C(NCC1(c2ccc(OC)cc2)CCOCC1)N1CCSC(C)(C)C1. The van der Waals surface area contributed by atoms with Gasteiger partial charge in [0.25, 0.3) is 0 Å². The Morgan fingerprint density at radius 1 is 1.26 bits per heavy atom. The number of rotatable bonds is 4. The zero-order valence-electron chi connectivity index (χ0n) is 17.1. The second-order valence-electron chi connectivity index (χ2n) is 8.05. The molecule has 0 amide bonds. The maximum Gasteiger partial charge on any atom is 0.193 e. The van der Waals surface area contributed by atoms with Crippen molar-refractivity contribution >= 4 is 17.7 Å². The van der Waals surface area contributed by atoms with Crippen LogP contribution in [0.5, 0.6) is 5.75 Å². The number of ether oxygens (including phenoxy) is 2. The first-order chi connectivity index (χ1) is 13.0. The predicted octanol–water partition coefficient (Wildman–Crippen LogP) is 3.15. The molecule has 2 saturated heterocycles. The van der Waals surface area contributed by atoms with E-state index in [1.54, 1.807) is 7.11 Å². The molecule has 0 saturated carbocycles. The average molecular weight is 392 g/mol. The Balaban J connectivity index is 1.74. The second kappa shape index (κ2) is 8.74. The van der Waals surface area contributed by atoms with Gasteiger partial charge in [0.05, 0.1) is 7.11 Å². The Kier molecular flexibility index (Phi) is 6.58. The minimum atomic E-state index is 0.0700. The van der Waals surface area contributed by atoms with E-state index in [9.17, 15) is 0 Å². The van der Waals surface area contributed by atoms with Crippen LogP contribution in [0.15, 0.2) is 29.3 Å². The normalized spacial score (nSPS) is 22.4. The fraction of sp³-hybridized carbons (Fsp3) is 0.667. The van der Waals surface area contributed by atoms with Crippen LogP contribution in [0.2, 0.25) is 0 Å². The van der Waals surface area contributed by atoms with Gasteiger partial charge < -0.3 is 19.7 Å². The Morgan fingerprint density at radius 3 is 2.56 bits per heavy atom. The van der Waals surface area contributed by atoms with Gasteiger partial charge in [0, 0.05) is 55.8 Å². The Hall–Kier alpha value is -1.40. The van der Waals surface area contributed by atoms with E-state index in [-0.39, 0.29) is 10.2 Å². The summed E-state index contributed by atoms with van der Waals surface area (Å²) in [5, 5.41) is 3.69. The summed E-state index contributed by atoms with van der Waals surface area (Å²) >= 11 is 2.04. The van der Waals surface area contributed by atoms with Crippen molar-refractivity contribution in [1.29, 1.82) is 0 Å². The highest BCUT2D eigenvalue weighted by Crippen LogP contribution is 2.35. The smallest absolute Gasteiger partial charge is 0.193 e. The van der Waals surface area contributed by atoms with Gasteiger partial charge in [-0.15, -0.1) is 0 Å². The number of nitrogens with one attached hydrogen (secondary N) is 1. The third kappa shape index (κ3) is 4.91. The van der Waals surface area contributed by atoms with Crippen LogP contribution in [0.4, 0.5) is 0 Å². The molecule has 0 aromatic heterocycles. The molecule has 0 bridgehead atoms. The molecular formula is C21H33N3O2S. The maximum absolute atomic E-state index is 5.67. The topological polar surface area (TPSA) is 46.1 Å². The Labute approximate surface area is 167 Å². The van der Waals surface area contributed by atoms with Crippen LogP contribution < -0.4 is 10.1 Å². The van der Waals surface area contributed by atoms with Crippen molar-refractivity contribution in [2.24, 2.45) is 4.99 Å². The van der Waals surface area contributed by atoms with E-state index >= 15 is 0 Å². The second-order valence-corrected chi connectivity index (χ2v) is 9.85. The summed E-state index contributed by atoms with van der Waals surface area (Å²) in [4.78, 5) is 6.99. The predicted molar refractivity (Wildman–Crippen MR) is 114 cm³/mol. The van der Waals surface area contributed by atoms with Gasteiger partial charge in [0.15, 0.2) is 5.96 Å². The molecule has 1 aromatic rings. The summed E-state index contributed by atoms with van der Waals surface area (Å²) in [6.45, 7) is 9.18. The molecule has 0 aliphatic carbocycles. The monoisotopic (exact) mass is 391 g/mol. The largest absolute Gasteiger partial charge is 0.497 e. The van der Waals surface area contributed by atoms with Crippen LogP contribution in [-0.2, 0) is 10.2 Å². The fourth-order valence-corrected chi connectivity index (χ4v) is 5.16. The number of benzene rings is 1.